The number of thiophene rings is 1. The number of anilines is 1. The van der Waals surface area contributed by atoms with Crippen molar-refractivity contribution >= 4 is 39.1 Å². The topological polar surface area (TPSA) is 108 Å². The molecule has 1 fully saturated rings. The van der Waals surface area contributed by atoms with Gasteiger partial charge in [-0.2, -0.15) is 5.10 Å². The van der Waals surface area contributed by atoms with Crippen LogP contribution in [0.5, 0.6) is 0 Å². The number of aromatic amines is 2. The van der Waals surface area contributed by atoms with Crippen LogP contribution < -0.4 is 5.32 Å². The van der Waals surface area contributed by atoms with Crippen molar-refractivity contribution in [3.05, 3.63) is 72.8 Å². The van der Waals surface area contributed by atoms with Gasteiger partial charge in [0.25, 0.3) is 0 Å². The molecule has 1 aliphatic carbocycles. The number of rotatable bonds is 6. The van der Waals surface area contributed by atoms with Gasteiger partial charge in [-0.3, -0.25) is 15.1 Å². The highest BCUT2D eigenvalue weighted by Gasteiger charge is 2.18. The van der Waals surface area contributed by atoms with Gasteiger partial charge < -0.3 is 10.3 Å². The van der Waals surface area contributed by atoms with E-state index in [0.29, 0.717) is 17.4 Å². The van der Waals surface area contributed by atoms with Crippen molar-refractivity contribution in [2.75, 3.05) is 5.32 Å². The van der Waals surface area contributed by atoms with Gasteiger partial charge >= 0.3 is 0 Å². The Morgan fingerprint density at radius 1 is 1.05 bits per heavy atom. The fourth-order valence-electron chi connectivity index (χ4n) is 5.30. The lowest BCUT2D eigenvalue weighted by Gasteiger charge is -2.24. The van der Waals surface area contributed by atoms with E-state index in [1.54, 1.807) is 23.7 Å². The molecule has 0 spiro atoms. The molecule has 0 aliphatic heterocycles. The molecule has 38 heavy (non-hydrogen) atoms. The van der Waals surface area contributed by atoms with Crippen LogP contribution in [0.3, 0.4) is 0 Å². The van der Waals surface area contributed by atoms with Crippen molar-refractivity contribution in [2.45, 2.75) is 32.1 Å². The highest BCUT2D eigenvalue weighted by atomic mass is 32.1. The zero-order valence-electron chi connectivity index (χ0n) is 20.7. The third-order valence-electron chi connectivity index (χ3n) is 7.29. The SMILES string of the molecule is C=C(Nc1cncc(-c2cc3c(-c4nc5nccc(-c6cccs6)c5[nH]4)n[nH]c3cn2)c1)C1CCCCC1. The van der Waals surface area contributed by atoms with E-state index in [9.17, 15) is 0 Å². The minimum Gasteiger partial charge on any atom is -0.358 e. The molecule has 9 heteroatoms. The Hall–Kier alpha value is -4.37. The summed E-state index contributed by atoms with van der Waals surface area (Å²) in [6.07, 6.45) is 13.6. The van der Waals surface area contributed by atoms with Crippen LogP contribution in [0, 0.1) is 5.92 Å². The van der Waals surface area contributed by atoms with E-state index >= 15 is 0 Å². The molecule has 6 aromatic rings. The largest absolute Gasteiger partial charge is 0.358 e. The summed E-state index contributed by atoms with van der Waals surface area (Å²) >= 11 is 1.69. The summed E-state index contributed by atoms with van der Waals surface area (Å²) in [7, 11) is 0. The lowest BCUT2D eigenvalue weighted by atomic mass is 9.87. The molecule has 1 saturated carbocycles. The Bertz CT molecular complexity index is 1760. The summed E-state index contributed by atoms with van der Waals surface area (Å²) in [4.78, 5) is 23.0. The molecular formula is C29H26N8S. The lowest BCUT2D eigenvalue weighted by Crippen LogP contribution is -2.14. The summed E-state index contributed by atoms with van der Waals surface area (Å²) in [5.41, 5.74) is 7.95. The van der Waals surface area contributed by atoms with E-state index in [0.717, 1.165) is 55.2 Å². The maximum atomic E-state index is 4.77. The average molecular weight is 519 g/mol. The van der Waals surface area contributed by atoms with Gasteiger partial charge in [0.05, 0.1) is 34.8 Å². The van der Waals surface area contributed by atoms with Crippen LogP contribution in [0.1, 0.15) is 32.1 Å². The lowest BCUT2D eigenvalue weighted by molar-refractivity contribution is 0.405. The van der Waals surface area contributed by atoms with Crippen molar-refractivity contribution in [1.82, 2.24) is 35.1 Å². The van der Waals surface area contributed by atoms with E-state index in [2.05, 4.69) is 59.5 Å². The smallest absolute Gasteiger partial charge is 0.178 e. The monoisotopic (exact) mass is 518 g/mol. The minimum absolute atomic E-state index is 0.522. The van der Waals surface area contributed by atoms with E-state index in [1.807, 2.05) is 30.6 Å². The molecule has 8 nitrogen and oxygen atoms in total. The van der Waals surface area contributed by atoms with Crippen LogP contribution in [0.25, 0.3) is 55.3 Å². The van der Waals surface area contributed by atoms with Gasteiger partial charge in [-0.15, -0.1) is 11.3 Å². The first-order valence-corrected chi connectivity index (χ1v) is 13.8. The predicted molar refractivity (Wildman–Crippen MR) is 153 cm³/mol. The standard InChI is InChI=1S/C29H26N8S/c1-17(18-6-3-2-4-7-18)33-20-12-19(14-30-15-20)23-13-22-24(16-32-23)36-37-27(22)29-34-26-21(25-8-5-11-38-25)9-10-31-28(26)35-29/h5,8-16,18,33H,1-4,6-7H2,(H,36,37)(H,31,34,35). The molecule has 0 aromatic carbocycles. The van der Waals surface area contributed by atoms with E-state index in [4.69, 9.17) is 4.98 Å². The second-order valence-electron chi connectivity index (χ2n) is 9.75. The zero-order chi connectivity index (χ0) is 25.5. The number of hydrogen-bond acceptors (Lipinski definition) is 7. The Labute approximate surface area is 223 Å². The molecule has 0 radical (unpaired) electrons. The van der Waals surface area contributed by atoms with E-state index in [-0.39, 0.29) is 0 Å². The molecule has 7 rings (SSSR count). The summed E-state index contributed by atoms with van der Waals surface area (Å²) < 4.78 is 0. The van der Waals surface area contributed by atoms with Crippen molar-refractivity contribution < 1.29 is 0 Å². The first-order valence-electron chi connectivity index (χ1n) is 12.9. The highest BCUT2D eigenvalue weighted by Crippen LogP contribution is 2.34. The second kappa shape index (κ2) is 9.50. The Balaban J connectivity index is 1.23. The van der Waals surface area contributed by atoms with E-state index < -0.39 is 0 Å². The van der Waals surface area contributed by atoms with Crippen LogP contribution in [0.15, 0.2) is 72.8 Å². The molecule has 0 bridgehead atoms. The molecule has 0 unspecified atom stereocenters. The van der Waals surface area contributed by atoms with Gasteiger partial charge in [-0.05, 0) is 48.4 Å². The molecule has 0 atom stereocenters. The number of imidazole rings is 1. The van der Waals surface area contributed by atoms with Crippen molar-refractivity contribution in [1.29, 1.82) is 0 Å². The molecule has 0 saturated heterocycles. The predicted octanol–water partition coefficient (Wildman–Crippen LogP) is 7.19. The fraction of sp³-hybridized carbons (Fsp3) is 0.207. The van der Waals surface area contributed by atoms with Crippen LogP contribution in [0.4, 0.5) is 5.69 Å². The number of hydrogen-bond donors (Lipinski definition) is 3. The van der Waals surface area contributed by atoms with Crippen molar-refractivity contribution in [3.63, 3.8) is 0 Å². The fourth-order valence-corrected chi connectivity index (χ4v) is 6.06. The Morgan fingerprint density at radius 2 is 1.97 bits per heavy atom. The Kier molecular flexibility index (Phi) is 5.70. The molecule has 6 heterocycles. The van der Waals surface area contributed by atoms with Crippen LogP contribution in [0.2, 0.25) is 0 Å². The first kappa shape index (κ1) is 22.8. The quantitative estimate of drug-likeness (QED) is 0.215. The van der Waals surface area contributed by atoms with Gasteiger partial charge in [-0.1, -0.05) is 31.9 Å². The maximum absolute atomic E-state index is 4.77. The van der Waals surface area contributed by atoms with Gasteiger partial charge in [0, 0.05) is 39.5 Å². The summed E-state index contributed by atoms with van der Waals surface area (Å²) in [5, 5.41) is 14.2. The molecular weight excluding hydrogens is 492 g/mol. The third-order valence-corrected chi connectivity index (χ3v) is 8.19. The zero-order valence-corrected chi connectivity index (χ0v) is 21.6. The minimum atomic E-state index is 0.522. The number of pyridine rings is 3. The number of nitrogens with one attached hydrogen (secondary N) is 3. The summed E-state index contributed by atoms with van der Waals surface area (Å²) in [5.74, 6) is 1.19. The summed E-state index contributed by atoms with van der Waals surface area (Å²) in [6, 6.07) is 10.3. The molecule has 1 aliphatic rings. The third kappa shape index (κ3) is 4.14. The van der Waals surface area contributed by atoms with Crippen LogP contribution in [-0.4, -0.2) is 35.1 Å². The van der Waals surface area contributed by atoms with E-state index in [1.165, 1.54) is 32.1 Å². The van der Waals surface area contributed by atoms with Gasteiger partial charge in [0.1, 0.15) is 5.69 Å². The maximum Gasteiger partial charge on any atom is 0.178 e. The van der Waals surface area contributed by atoms with Crippen molar-refractivity contribution in [2.24, 2.45) is 5.92 Å². The second-order valence-corrected chi connectivity index (χ2v) is 10.7. The van der Waals surface area contributed by atoms with Crippen molar-refractivity contribution in [3.8, 4) is 33.2 Å². The molecule has 0 amide bonds. The van der Waals surface area contributed by atoms with Crippen LogP contribution in [-0.2, 0) is 0 Å². The number of fused-ring (bicyclic) bond motifs is 2. The number of H-pyrrole nitrogens is 2. The molecule has 188 valence electrons. The van der Waals surface area contributed by atoms with Gasteiger partial charge in [-0.25, -0.2) is 9.97 Å². The van der Waals surface area contributed by atoms with Crippen LogP contribution >= 0.6 is 11.3 Å². The summed E-state index contributed by atoms with van der Waals surface area (Å²) in [6.45, 7) is 4.31. The van der Waals surface area contributed by atoms with Gasteiger partial charge in [0.2, 0.25) is 0 Å². The Morgan fingerprint density at radius 3 is 2.84 bits per heavy atom. The number of aromatic nitrogens is 7. The molecule has 3 N–H and O–H groups in total. The number of allylic oxidation sites excluding steroid dienone is 1. The first-order chi connectivity index (χ1) is 18.7. The van der Waals surface area contributed by atoms with Gasteiger partial charge in [0.15, 0.2) is 11.5 Å². The highest BCUT2D eigenvalue weighted by molar-refractivity contribution is 7.13. The normalized spacial score (nSPS) is 14.3. The average Bonchev–Trinajstić information content (AvgIpc) is 3.73. The molecule has 6 aromatic heterocycles. The number of nitrogens with zero attached hydrogens (tertiary/aromatic N) is 5.